The maximum atomic E-state index is 11.6. The summed E-state index contributed by atoms with van der Waals surface area (Å²) in [6.07, 6.45) is 3.32. The second-order valence-electron chi connectivity index (χ2n) is 4.83. The van der Waals surface area contributed by atoms with Gasteiger partial charge in [0.2, 0.25) is 0 Å². The van der Waals surface area contributed by atoms with Gasteiger partial charge in [-0.2, -0.15) is 5.10 Å². The molecule has 0 bridgehead atoms. The van der Waals surface area contributed by atoms with Gasteiger partial charge in [-0.1, -0.05) is 0 Å². The van der Waals surface area contributed by atoms with Crippen LogP contribution in [0.5, 0.6) is 0 Å². The fourth-order valence-corrected chi connectivity index (χ4v) is 2.19. The van der Waals surface area contributed by atoms with E-state index in [1.54, 1.807) is 0 Å². The van der Waals surface area contributed by atoms with Gasteiger partial charge in [0.25, 0.3) is 0 Å². The van der Waals surface area contributed by atoms with Gasteiger partial charge in [0.15, 0.2) is 0 Å². The molecule has 0 spiro atoms. The Bertz CT molecular complexity index is 387. The highest BCUT2D eigenvalue weighted by Crippen LogP contribution is 2.13. The summed E-state index contributed by atoms with van der Waals surface area (Å²) in [4.78, 5) is 14.4. The molecule has 0 aliphatic carbocycles. The summed E-state index contributed by atoms with van der Waals surface area (Å²) in [5.41, 5.74) is -0.0891. The molecule has 2 rings (SSSR count). The first-order valence-corrected chi connectivity index (χ1v) is 6.05. The normalized spacial score (nSPS) is 21.6. The first kappa shape index (κ1) is 11.4. The van der Waals surface area contributed by atoms with Gasteiger partial charge in [-0.05, 0) is 45.7 Å². The van der Waals surface area contributed by atoms with E-state index in [0.717, 1.165) is 25.3 Å². The van der Waals surface area contributed by atoms with Crippen molar-refractivity contribution in [3.63, 3.8) is 0 Å². The molecule has 0 amide bonds. The predicted molar refractivity (Wildman–Crippen MR) is 62.5 cm³/mol. The summed E-state index contributed by atoms with van der Waals surface area (Å²) in [5, 5.41) is 7.70. The topological polar surface area (TPSA) is 62.7 Å². The number of hydrogen-bond acceptors (Lipinski definition) is 3. The van der Waals surface area contributed by atoms with E-state index in [4.69, 9.17) is 0 Å². The highest BCUT2D eigenvalue weighted by molar-refractivity contribution is 4.88. The zero-order valence-corrected chi connectivity index (χ0v) is 9.99. The highest BCUT2D eigenvalue weighted by Gasteiger charge is 2.16. The van der Waals surface area contributed by atoms with Gasteiger partial charge in [0.1, 0.15) is 5.82 Å². The van der Waals surface area contributed by atoms with Crippen molar-refractivity contribution in [2.45, 2.75) is 39.2 Å². The van der Waals surface area contributed by atoms with E-state index in [-0.39, 0.29) is 11.7 Å². The van der Waals surface area contributed by atoms with Crippen LogP contribution in [0.15, 0.2) is 4.79 Å². The van der Waals surface area contributed by atoms with E-state index in [2.05, 4.69) is 15.4 Å². The Morgan fingerprint density at radius 3 is 2.94 bits per heavy atom. The van der Waals surface area contributed by atoms with Gasteiger partial charge >= 0.3 is 5.69 Å². The lowest BCUT2D eigenvalue weighted by Gasteiger charge is -2.21. The van der Waals surface area contributed by atoms with Crippen LogP contribution in [0.25, 0.3) is 0 Å². The maximum Gasteiger partial charge on any atom is 0.343 e. The summed E-state index contributed by atoms with van der Waals surface area (Å²) >= 11 is 0. The second-order valence-corrected chi connectivity index (χ2v) is 4.83. The Kier molecular flexibility index (Phi) is 3.43. The molecule has 1 aliphatic heterocycles. The molecule has 0 saturated carbocycles. The van der Waals surface area contributed by atoms with Crippen molar-refractivity contribution in [2.24, 2.45) is 5.92 Å². The molecule has 0 aromatic carbocycles. The fourth-order valence-electron chi connectivity index (χ4n) is 2.19. The first-order chi connectivity index (χ1) is 7.66. The first-order valence-electron chi connectivity index (χ1n) is 6.05. The van der Waals surface area contributed by atoms with Crippen molar-refractivity contribution in [1.82, 2.24) is 20.1 Å². The van der Waals surface area contributed by atoms with Crippen molar-refractivity contribution in [3.05, 3.63) is 16.3 Å². The van der Waals surface area contributed by atoms with Crippen molar-refractivity contribution >= 4 is 0 Å². The highest BCUT2D eigenvalue weighted by atomic mass is 16.2. The Balaban J connectivity index is 2.04. The molecule has 1 saturated heterocycles. The summed E-state index contributed by atoms with van der Waals surface area (Å²) < 4.78 is 1.52. The van der Waals surface area contributed by atoms with Gasteiger partial charge in [-0.15, -0.1) is 0 Å². The van der Waals surface area contributed by atoms with Gasteiger partial charge < -0.3 is 5.32 Å². The minimum Gasteiger partial charge on any atom is -0.316 e. The average molecular weight is 224 g/mol. The third kappa shape index (κ3) is 2.52. The van der Waals surface area contributed by atoms with E-state index >= 15 is 0 Å². The van der Waals surface area contributed by atoms with Crippen LogP contribution in [0, 0.1) is 5.92 Å². The molecule has 90 valence electrons. The molecule has 0 radical (unpaired) electrons. The van der Waals surface area contributed by atoms with Crippen molar-refractivity contribution < 1.29 is 0 Å². The van der Waals surface area contributed by atoms with E-state index in [9.17, 15) is 4.79 Å². The van der Waals surface area contributed by atoms with Gasteiger partial charge in [-0.25, -0.2) is 9.48 Å². The van der Waals surface area contributed by atoms with Crippen LogP contribution < -0.4 is 11.0 Å². The van der Waals surface area contributed by atoms with Gasteiger partial charge in [0.05, 0.1) is 6.04 Å². The summed E-state index contributed by atoms with van der Waals surface area (Å²) in [5.74, 6) is 1.44. The SMILES string of the molecule is CC(C)n1nc(CC2CCCNC2)[nH]c1=O. The van der Waals surface area contributed by atoms with Crippen LogP contribution in [-0.4, -0.2) is 27.9 Å². The summed E-state index contributed by atoms with van der Waals surface area (Å²) in [6.45, 7) is 6.09. The van der Waals surface area contributed by atoms with E-state index in [0.29, 0.717) is 5.92 Å². The monoisotopic (exact) mass is 224 g/mol. The van der Waals surface area contributed by atoms with Crippen LogP contribution in [0.2, 0.25) is 0 Å². The molecule has 1 atom stereocenters. The number of aromatic nitrogens is 3. The van der Waals surface area contributed by atoms with Crippen LogP contribution in [0.3, 0.4) is 0 Å². The van der Waals surface area contributed by atoms with Crippen LogP contribution in [-0.2, 0) is 6.42 Å². The lowest BCUT2D eigenvalue weighted by molar-refractivity contribution is 0.369. The van der Waals surface area contributed by atoms with Crippen molar-refractivity contribution in [2.75, 3.05) is 13.1 Å². The minimum absolute atomic E-state index is 0.0891. The average Bonchev–Trinajstić information content (AvgIpc) is 2.61. The zero-order valence-electron chi connectivity index (χ0n) is 9.99. The number of nitrogens with zero attached hydrogens (tertiary/aromatic N) is 2. The maximum absolute atomic E-state index is 11.6. The zero-order chi connectivity index (χ0) is 11.5. The summed E-state index contributed by atoms with van der Waals surface area (Å²) in [7, 11) is 0. The fraction of sp³-hybridized carbons (Fsp3) is 0.818. The van der Waals surface area contributed by atoms with Crippen LogP contribution >= 0.6 is 0 Å². The molecule has 1 unspecified atom stereocenters. The smallest absolute Gasteiger partial charge is 0.316 e. The van der Waals surface area contributed by atoms with Crippen LogP contribution in [0.4, 0.5) is 0 Å². The Labute approximate surface area is 95.2 Å². The summed E-state index contributed by atoms with van der Waals surface area (Å²) in [6, 6.07) is 0.127. The molecule has 5 heteroatoms. The molecule has 1 aromatic rings. The van der Waals surface area contributed by atoms with E-state index in [1.807, 2.05) is 13.8 Å². The number of rotatable bonds is 3. The number of nitrogens with one attached hydrogen (secondary N) is 2. The van der Waals surface area contributed by atoms with E-state index in [1.165, 1.54) is 17.5 Å². The van der Waals surface area contributed by atoms with Crippen LogP contribution in [0.1, 0.15) is 38.6 Å². The predicted octanol–water partition coefficient (Wildman–Crippen LogP) is 0.694. The van der Waals surface area contributed by atoms with Gasteiger partial charge in [-0.3, -0.25) is 4.98 Å². The Hall–Kier alpha value is -1.10. The third-order valence-electron chi connectivity index (χ3n) is 3.06. The standard InChI is InChI=1S/C11H20N4O/c1-8(2)15-11(16)13-10(14-15)6-9-4-3-5-12-7-9/h8-9,12H,3-7H2,1-2H3,(H,13,14,16). The third-order valence-corrected chi connectivity index (χ3v) is 3.06. The molecule has 2 heterocycles. The molecule has 1 fully saturated rings. The molecular formula is C11H20N4O. The Morgan fingerprint density at radius 1 is 1.56 bits per heavy atom. The van der Waals surface area contributed by atoms with Crippen molar-refractivity contribution in [1.29, 1.82) is 0 Å². The molecule has 1 aromatic heterocycles. The van der Waals surface area contributed by atoms with E-state index < -0.39 is 0 Å². The number of piperidine rings is 1. The molecular weight excluding hydrogens is 204 g/mol. The second kappa shape index (κ2) is 4.82. The lowest BCUT2D eigenvalue weighted by Crippen LogP contribution is -2.31. The molecule has 5 nitrogen and oxygen atoms in total. The molecule has 16 heavy (non-hydrogen) atoms. The number of H-pyrrole nitrogens is 1. The number of hydrogen-bond donors (Lipinski definition) is 2. The van der Waals surface area contributed by atoms with Gasteiger partial charge in [0, 0.05) is 6.42 Å². The van der Waals surface area contributed by atoms with Crippen molar-refractivity contribution in [3.8, 4) is 0 Å². The minimum atomic E-state index is -0.0891. The largest absolute Gasteiger partial charge is 0.343 e. The molecule has 2 N–H and O–H groups in total. The lowest BCUT2D eigenvalue weighted by atomic mass is 9.96. The molecule has 1 aliphatic rings. The Morgan fingerprint density at radius 2 is 2.38 bits per heavy atom. The quantitative estimate of drug-likeness (QED) is 0.794. The number of aromatic amines is 1.